The molecule has 0 aliphatic heterocycles. The van der Waals surface area contributed by atoms with Crippen molar-refractivity contribution in [3.63, 3.8) is 0 Å². The normalized spacial score (nSPS) is 32.0. The first-order valence-electron chi connectivity index (χ1n) is 10.4. The van der Waals surface area contributed by atoms with Crippen molar-refractivity contribution in [1.29, 1.82) is 0 Å². The predicted octanol–water partition coefficient (Wildman–Crippen LogP) is 4.13. The zero-order valence-electron chi connectivity index (χ0n) is 16.9. The van der Waals surface area contributed by atoms with Crippen LogP contribution in [-0.4, -0.2) is 37.5 Å². The molecule has 5 heteroatoms. The van der Waals surface area contributed by atoms with E-state index < -0.39 is 5.41 Å². The van der Waals surface area contributed by atoms with Gasteiger partial charge in [-0.3, -0.25) is 4.79 Å². The maximum Gasteiger partial charge on any atom is 0.308 e. The van der Waals surface area contributed by atoms with E-state index in [4.69, 9.17) is 14.5 Å². The van der Waals surface area contributed by atoms with Gasteiger partial charge >= 0.3 is 5.97 Å². The van der Waals surface area contributed by atoms with Crippen molar-refractivity contribution in [2.75, 3.05) is 26.4 Å². The standard InChI is InChI=1S/C21H38O5/c1-16-6-4-8-18(10-16)12-25-26-15-21(3,13-22)14-24-20(23)19-9-5-7-17(2)11-19/h16-19,22H,4-15H2,1-3H3. The van der Waals surface area contributed by atoms with Crippen molar-refractivity contribution in [2.45, 2.75) is 72.1 Å². The van der Waals surface area contributed by atoms with Gasteiger partial charge in [0.15, 0.2) is 0 Å². The second-order valence-electron chi connectivity index (χ2n) is 9.23. The molecule has 5 nitrogen and oxygen atoms in total. The van der Waals surface area contributed by atoms with Crippen LogP contribution in [0.3, 0.4) is 0 Å². The van der Waals surface area contributed by atoms with Crippen LogP contribution in [0.5, 0.6) is 0 Å². The number of carbonyl (C=O) groups excluding carboxylic acids is 1. The average molecular weight is 371 g/mol. The summed E-state index contributed by atoms with van der Waals surface area (Å²) in [5.74, 6) is 1.79. The molecule has 0 saturated heterocycles. The first-order valence-corrected chi connectivity index (χ1v) is 10.4. The zero-order valence-corrected chi connectivity index (χ0v) is 16.9. The number of ether oxygens (including phenoxy) is 1. The molecule has 2 fully saturated rings. The highest BCUT2D eigenvalue weighted by Gasteiger charge is 2.31. The van der Waals surface area contributed by atoms with E-state index in [0.29, 0.717) is 18.4 Å². The first-order chi connectivity index (χ1) is 12.4. The Balaban J connectivity index is 1.65. The molecule has 2 aliphatic carbocycles. The van der Waals surface area contributed by atoms with Gasteiger partial charge in [0.25, 0.3) is 0 Å². The number of esters is 1. The van der Waals surface area contributed by atoms with E-state index in [2.05, 4.69) is 13.8 Å². The van der Waals surface area contributed by atoms with Gasteiger partial charge in [0.2, 0.25) is 0 Å². The van der Waals surface area contributed by atoms with E-state index in [9.17, 15) is 9.90 Å². The van der Waals surface area contributed by atoms with Crippen LogP contribution >= 0.6 is 0 Å². The summed E-state index contributed by atoms with van der Waals surface area (Å²) in [5.41, 5.74) is -0.629. The Morgan fingerprint density at radius 3 is 2.35 bits per heavy atom. The molecule has 5 unspecified atom stereocenters. The molecule has 0 radical (unpaired) electrons. The molecule has 2 aliphatic rings. The molecule has 0 amide bonds. The predicted molar refractivity (Wildman–Crippen MR) is 100 cm³/mol. The average Bonchev–Trinajstić information content (AvgIpc) is 2.63. The molecule has 0 aromatic heterocycles. The highest BCUT2D eigenvalue weighted by molar-refractivity contribution is 5.72. The largest absolute Gasteiger partial charge is 0.465 e. The number of carbonyl (C=O) groups is 1. The number of rotatable bonds is 9. The summed E-state index contributed by atoms with van der Waals surface area (Å²) in [7, 11) is 0. The van der Waals surface area contributed by atoms with Gasteiger partial charge in [0.1, 0.15) is 6.61 Å². The highest BCUT2D eigenvalue weighted by atomic mass is 17.2. The Kier molecular flexibility index (Phi) is 8.85. The van der Waals surface area contributed by atoms with E-state index in [1.165, 1.54) is 32.1 Å². The second kappa shape index (κ2) is 10.6. The van der Waals surface area contributed by atoms with Crippen LogP contribution in [0.25, 0.3) is 0 Å². The molecule has 0 bridgehead atoms. The van der Waals surface area contributed by atoms with Crippen LogP contribution in [0.1, 0.15) is 72.1 Å². The lowest BCUT2D eigenvalue weighted by Gasteiger charge is -2.29. The molecular weight excluding hydrogens is 332 g/mol. The Hall–Kier alpha value is -0.650. The Labute approximate surface area is 158 Å². The number of aliphatic hydroxyl groups excluding tert-OH is 1. The number of hydrogen-bond acceptors (Lipinski definition) is 5. The minimum absolute atomic E-state index is 0.00662. The molecule has 1 N–H and O–H groups in total. The lowest BCUT2D eigenvalue weighted by molar-refractivity contribution is -0.320. The Morgan fingerprint density at radius 2 is 1.69 bits per heavy atom. The molecule has 0 aromatic rings. The van der Waals surface area contributed by atoms with Crippen molar-refractivity contribution >= 4 is 5.97 Å². The third kappa shape index (κ3) is 7.16. The summed E-state index contributed by atoms with van der Waals surface area (Å²) in [5, 5.41) is 9.71. The van der Waals surface area contributed by atoms with Crippen LogP contribution in [0, 0.1) is 29.1 Å². The summed E-state index contributed by atoms with van der Waals surface area (Å²) in [6.45, 7) is 7.22. The number of aliphatic hydroxyl groups is 1. The van der Waals surface area contributed by atoms with Gasteiger partial charge in [-0.25, -0.2) is 9.78 Å². The number of hydrogen-bond donors (Lipinski definition) is 1. The quantitative estimate of drug-likeness (QED) is 0.286. The van der Waals surface area contributed by atoms with Crippen molar-refractivity contribution in [2.24, 2.45) is 29.1 Å². The lowest BCUT2D eigenvalue weighted by Crippen LogP contribution is -2.36. The molecule has 26 heavy (non-hydrogen) atoms. The highest BCUT2D eigenvalue weighted by Crippen LogP contribution is 2.30. The molecule has 2 saturated carbocycles. The lowest BCUT2D eigenvalue weighted by atomic mass is 9.82. The summed E-state index contributed by atoms with van der Waals surface area (Å²) >= 11 is 0. The fourth-order valence-corrected chi connectivity index (χ4v) is 4.18. The Morgan fingerprint density at radius 1 is 1.00 bits per heavy atom. The summed E-state index contributed by atoms with van der Waals surface area (Å²) in [6, 6.07) is 0. The van der Waals surface area contributed by atoms with Crippen molar-refractivity contribution in [1.82, 2.24) is 0 Å². The Bertz CT molecular complexity index is 427. The van der Waals surface area contributed by atoms with Crippen LogP contribution in [-0.2, 0) is 19.3 Å². The van der Waals surface area contributed by atoms with E-state index in [1.54, 1.807) is 0 Å². The van der Waals surface area contributed by atoms with Crippen LogP contribution < -0.4 is 0 Å². The minimum atomic E-state index is -0.629. The van der Waals surface area contributed by atoms with Gasteiger partial charge in [-0.05, 0) is 43.4 Å². The topological polar surface area (TPSA) is 65.0 Å². The van der Waals surface area contributed by atoms with E-state index in [1.807, 2.05) is 6.92 Å². The molecule has 0 aromatic carbocycles. The van der Waals surface area contributed by atoms with Crippen LogP contribution in [0.4, 0.5) is 0 Å². The second-order valence-corrected chi connectivity index (χ2v) is 9.23. The SMILES string of the molecule is CC1CCCC(COOCC(C)(CO)COC(=O)C2CCCC(C)C2)C1. The van der Waals surface area contributed by atoms with E-state index in [0.717, 1.165) is 25.2 Å². The third-order valence-corrected chi connectivity index (χ3v) is 6.05. The summed E-state index contributed by atoms with van der Waals surface area (Å²) in [4.78, 5) is 23.1. The summed E-state index contributed by atoms with van der Waals surface area (Å²) < 4.78 is 5.51. The fraction of sp³-hybridized carbons (Fsp3) is 0.952. The molecule has 0 spiro atoms. The van der Waals surface area contributed by atoms with Crippen molar-refractivity contribution in [3.8, 4) is 0 Å². The zero-order chi connectivity index (χ0) is 19.0. The van der Waals surface area contributed by atoms with E-state index in [-0.39, 0.29) is 31.7 Å². The molecule has 152 valence electrons. The molecule has 0 heterocycles. The van der Waals surface area contributed by atoms with Gasteiger partial charge in [0, 0.05) is 0 Å². The van der Waals surface area contributed by atoms with Crippen LogP contribution in [0.2, 0.25) is 0 Å². The first kappa shape index (κ1) is 21.6. The van der Waals surface area contributed by atoms with Gasteiger partial charge in [-0.15, -0.1) is 0 Å². The fourth-order valence-electron chi connectivity index (χ4n) is 4.18. The van der Waals surface area contributed by atoms with E-state index >= 15 is 0 Å². The molecule has 2 rings (SSSR count). The third-order valence-electron chi connectivity index (χ3n) is 6.05. The maximum absolute atomic E-state index is 12.3. The minimum Gasteiger partial charge on any atom is -0.465 e. The van der Waals surface area contributed by atoms with Crippen LogP contribution in [0.15, 0.2) is 0 Å². The monoisotopic (exact) mass is 370 g/mol. The molecule has 5 atom stereocenters. The van der Waals surface area contributed by atoms with Gasteiger partial charge in [-0.2, -0.15) is 0 Å². The summed E-state index contributed by atoms with van der Waals surface area (Å²) in [6.07, 6.45) is 9.08. The smallest absolute Gasteiger partial charge is 0.308 e. The van der Waals surface area contributed by atoms with Crippen molar-refractivity contribution in [3.05, 3.63) is 0 Å². The maximum atomic E-state index is 12.3. The van der Waals surface area contributed by atoms with Crippen molar-refractivity contribution < 1.29 is 24.4 Å². The van der Waals surface area contributed by atoms with Gasteiger partial charge < -0.3 is 9.84 Å². The van der Waals surface area contributed by atoms with Gasteiger partial charge in [0.05, 0.1) is 31.2 Å². The molecular formula is C21H38O5. The van der Waals surface area contributed by atoms with Gasteiger partial charge in [-0.1, -0.05) is 46.5 Å².